The number of hydrogen-bond donors (Lipinski definition) is 2. The molecule has 1 atom stereocenters. The Morgan fingerprint density at radius 2 is 1.89 bits per heavy atom. The van der Waals surface area contributed by atoms with E-state index in [1.54, 1.807) is 0 Å². The summed E-state index contributed by atoms with van der Waals surface area (Å²) >= 11 is 0. The highest BCUT2D eigenvalue weighted by molar-refractivity contribution is 5.94. The molecule has 0 unspecified atom stereocenters. The molecule has 2 amide bonds. The van der Waals surface area contributed by atoms with Gasteiger partial charge in [-0.3, -0.25) is 9.59 Å². The van der Waals surface area contributed by atoms with Crippen molar-refractivity contribution < 1.29 is 14.5 Å². The summed E-state index contributed by atoms with van der Waals surface area (Å²) in [5.41, 5.74) is 2.23. The van der Waals surface area contributed by atoms with Gasteiger partial charge in [0.25, 0.3) is 11.8 Å². The van der Waals surface area contributed by atoms with Crippen LogP contribution in [-0.4, -0.2) is 55.5 Å². The lowest BCUT2D eigenvalue weighted by molar-refractivity contribution is -0.917. The van der Waals surface area contributed by atoms with E-state index in [9.17, 15) is 9.59 Å². The van der Waals surface area contributed by atoms with Crippen LogP contribution in [0.4, 0.5) is 0 Å². The van der Waals surface area contributed by atoms with Gasteiger partial charge in [-0.05, 0) is 51.2 Å². The van der Waals surface area contributed by atoms with Crippen molar-refractivity contribution in [3.8, 4) is 0 Å². The molecule has 2 aliphatic rings. The number of carbonyl (C=O) groups is 2. The van der Waals surface area contributed by atoms with Gasteiger partial charge in [-0.1, -0.05) is 29.8 Å². The number of hydrogen-bond acceptors (Lipinski definition) is 2. The number of allylic oxidation sites excluding steroid dienone is 1. The van der Waals surface area contributed by atoms with Gasteiger partial charge in [0.05, 0.1) is 26.2 Å². The lowest BCUT2D eigenvalue weighted by Gasteiger charge is -2.34. The van der Waals surface area contributed by atoms with Crippen LogP contribution in [-0.2, 0) is 4.79 Å². The Bertz CT molecular complexity index is 663. The average molecular weight is 371 g/mol. The van der Waals surface area contributed by atoms with Crippen LogP contribution in [0.25, 0.3) is 0 Å². The molecule has 5 heteroatoms. The predicted molar refractivity (Wildman–Crippen MR) is 107 cm³/mol. The predicted octanol–water partition coefficient (Wildman–Crippen LogP) is 1.42. The number of nitrogens with zero attached hydrogens (tertiary/aromatic N) is 1. The molecule has 0 spiro atoms. The molecule has 1 aromatic carbocycles. The minimum Gasteiger partial charge on any atom is -0.351 e. The summed E-state index contributed by atoms with van der Waals surface area (Å²) in [6, 6.07) is 9.36. The fourth-order valence-corrected chi connectivity index (χ4v) is 4.01. The van der Waals surface area contributed by atoms with Crippen molar-refractivity contribution >= 4 is 11.8 Å². The summed E-state index contributed by atoms with van der Waals surface area (Å²) in [5, 5.41) is 3.11. The Balaban J connectivity index is 1.41. The Labute approximate surface area is 162 Å². The van der Waals surface area contributed by atoms with Crippen molar-refractivity contribution in [2.24, 2.45) is 0 Å². The Morgan fingerprint density at radius 3 is 2.56 bits per heavy atom. The Morgan fingerprint density at radius 1 is 1.15 bits per heavy atom. The monoisotopic (exact) mass is 370 g/mol. The SMILES string of the molecule is C[C@@H](C(=O)NCCC1=CCCCC1)[NH+]1CCN(C(=O)c2ccccc2)CC1. The van der Waals surface area contributed by atoms with Gasteiger partial charge in [-0.25, -0.2) is 0 Å². The largest absolute Gasteiger partial charge is 0.351 e. The second-order valence-corrected chi connectivity index (χ2v) is 7.69. The van der Waals surface area contributed by atoms with Gasteiger partial charge in [0.2, 0.25) is 0 Å². The maximum Gasteiger partial charge on any atom is 0.278 e. The first-order valence-electron chi connectivity index (χ1n) is 10.3. The normalized spacial score (nSPS) is 19.3. The topological polar surface area (TPSA) is 53.9 Å². The lowest BCUT2D eigenvalue weighted by atomic mass is 9.97. The highest BCUT2D eigenvalue weighted by atomic mass is 16.2. The highest BCUT2D eigenvalue weighted by Gasteiger charge is 2.30. The van der Waals surface area contributed by atoms with E-state index < -0.39 is 0 Å². The van der Waals surface area contributed by atoms with E-state index in [0.29, 0.717) is 13.1 Å². The molecule has 0 aromatic heterocycles. The Hall–Kier alpha value is -2.14. The van der Waals surface area contributed by atoms with Crippen LogP contribution in [0.3, 0.4) is 0 Å². The molecular weight excluding hydrogens is 338 g/mol. The third-order valence-electron chi connectivity index (χ3n) is 5.85. The maximum absolute atomic E-state index is 12.5. The van der Waals surface area contributed by atoms with Crippen LogP contribution < -0.4 is 10.2 Å². The summed E-state index contributed by atoms with van der Waals surface area (Å²) in [6.45, 7) is 5.78. The standard InChI is InChI=1S/C22H31N3O2/c1-18(21(26)23-13-12-19-8-4-2-5-9-19)24-14-16-25(17-15-24)22(27)20-10-6-3-7-11-20/h3,6-8,10-11,18H,2,4-5,9,12-17H2,1H3,(H,23,26)/p+1/t18-/m0/s1. The van der Waals surface area contributed by atoms with Crippen LogP contribution >= 0.6 is 0 Å². The van der Waals surface area contributed by atoms with Crippen molar-refractivity contribution in [1.82, 2.24) is 10.2 Å². The van der Waals surface area contributed by atoms with E-state index in [2.05, 4.69) is 11.4 Å². The molecule has 1 saturated heterocycles. The molecule has 1 aliphatic carbocycles. The van der Waals surface area contributed by atoms with E-state index in [1.807, 2.05) is 42.2 Å². The highest BCUT2D eigenvalue weighted by Crippen LogP contribution is 2.19. The first-order valence-corrected chi connectivity index (χ1v) is 10.3. The van der Waals surface area contributed by atoms with E-state index in [4.69, 9.17) is 0 Å². The second-order valence-electron chi connectivity index (χ2n) is 7.69. The van der Waals surface area contributed by atoms with Crippen molar-refractivity contribution in [2.45, 2.75) is 45.1 Å². The van der Waals surface area contributed by atoms with Gasteiger partial charge in [0, 0.05) is 12.1 Å². The number of amides is 2. The van der Waals surface area contributed by atoms with Gasteiger partial charge in [0.15, 0.2) is 6.04 Å². The first kappa shape index (κ1) is 19.6. The van der Waals surface area contributed by atoms with E-state index in [1.165, 1.54) is 36.2 Å². The minimum absolute atomic E-state index is 0.0701. The third-order valence-corrected chi connectivity index (χ3v) is 5.85. The van der Waals surface area contributed by atoms with Crippen LogP contribution in [0.15, 0.2) is 42.0 Å². The summed E-state index contributed by atoms with van der Waals surface area (Å²) in [7, 11) is 0. The molecule has 1 heterocycles. The van der Waals surface area contributed by atoms with E-state index in [-0.39, 0.29) is 17.9 Å². The van der Waals surface area contributed by atoms with Crippen LogP contribution in [0.1, 0.15) is 49.4 Å². The Kier molecular flexibility index (Phi) is 7.04. The van der Waals surface area contributed by atoms with Crippen molar-refractivity contribution in [3.05, 3.63) is 47.5 Å². The molecule has 1 aromatic rings. The molecular formula is C22H32N3O2+. The van der Waals surface area contributed by atoms with Gasteiger partial charge >= 0.3 is 0 Å². The lowest BCUT2D eigenvalue weighted by Crippen LogP contribution is -3.19. The van der Waals surface area contributed by atoms with Gasteiger partial charge in [-0.2, -0.15) is 0 Å². The average Bonchev–Trinajstić information content (AvgIpc) is 2.74. The molecule has 5 nitrogen and oxygen atoms in total. The van der Waals surface area contributed by atoms with Gasteiger partial charge in [0.1, 0.15) is 0 Å². The van der Waals surface area contributed by atoms with Gasteiger partial charge < -0.3 is 15.1 Å². The molecule has 1 fully saturated rings. The van der Waals surface area contributed by atoms with Crippen molar-refractivity contribution in [3.63, 3.8) is 0 Å². The fraction of sp³-hybridized carbons (Fsp3) is 0.545. The smallest absolute Gasteiger partial charge is 0.278 e. The van der Waals surface area contributed by atoms with Crippen LogP contribution in [0.2, 0.25) is 0 Å². The second kappa shape index (κ2) is 9.70. The molecule has 0 radical (unpaired) electrons. The number of quaternary nitrogens is 1. The quantitative estimate of drug-likeness (QED) is 0.744. The number of carbonyl (C=O) groups excluding carboxylic acids is 2. The summed E-state index contributed by atoms with van der Waals surface area (Å²) in [6.07, 6.45) is 8.28. The zero-order chi connectivity index (χ0) is 19.1. The fourth-order valence-electron chi connectivity index (χ4n) is 4.01. The number of piperazine rings is 1. The minimum atomic E-state index is -0.0701. The van der Waals surface area contributed by atoms with Crippen LogP contribution in [0.5, 0.6) is 0 Å². The summed E-state index contributed by atoms with van der Waals surface area (Å²) in [5.74, 6) is 0.219. The van der Waals surface area contributed by atoms with E-state index >= 15 is 0 Å². The summed E-state index contributed by atoms with van der Waals surface area (Å²) < 4.78 is 0. The maximum atomic E-state index is 12.5. The summed E-state index contributed by atoms with van der Waals surface area (Å²) in [4.78, 5) is 28.2. The molecule has 27 heavy (non-hydrogen) atoms. The first-order chi connectivity index (χ1) is 13.1. The van der Waals surface area contributed by atoms with Crippen molar-refractivity contribution in [1.29, 1.82) is 0 Å². The zero-order valence-corrected chi connectivity index (χ0v) is 16.4. The number of benzene rings is 1. The van der Waals surface area contributed by atoms with Gasteiger partial charge in [-0.15, -0.1) is 0 Å². The molecule has 0 saturated carbocycles. The van der Waals surface area contributed by atoms with E-state index in [0.717, 1.165) is 31.6 Å². The number of nitrogens with one attached hydrogen (secondary N) is 2. The molecule has 146 valence electrons. The molecule has 1 aliphatic heterocycles. The van der Waals surface area contributed by atoms with Crippen molar-refractivity contribution in [2.75, 3.05) is 32.7 Å². The zero-order valence-electron chi connectivity index (χ0n) is 16.4. The molecule has 3 rings (SSSR count). The molecule has 0 bridgehead atoms. The van der Waals surface area contributed by atoms with Crippen LogP contribution in [0, 0.1) is 0 Å². The number of rotatable bonds is 6. The third kappa shape index (κ3) is 5.42. The molecule has 2 N–H and O–H groups in total.